The van der Waals surface area contributed by atoms with Crippen molar-refractivity contribution in [2.45, 2.75) is 57.6 Å². The van der Waals surface area contributed by atoms with E-state index in [1.54, 1.807) is 0 Å². The highest BCUT2D eigenvalue weighted by molar-refractivity contribution is 5.38. The third-order valence-electron chi connectivity index (χ3n) is 5.12. The lowest BCUT2D eigenvalue weighted by Crippen LogP contribution is -2.46. The second kappa shape index (κ2) is 4.82. The summed E-state index contributed by atoms with van der Waals surface area (Å²) in [6, 6.07) is 8.41. The van der Waals surface area contributed by atoms with Crippen molar-refractivity contribution in [1.29, 1.82) is 0 Å². The number of ether oxygens (including phenoxy) is 1. The molecule has 2 aliphatic rings. The molecule has 0 unspecified atom stereocenters. The maximum Gasteiger partial charge on any atom is 0.124 e. The maximum atomic E-state index is 6.38. The Morgan fingerprint density at radius 3 is 2.58 bits per heavy atom. The van der Waals surface area contributed by atoms with E-state index >= 15 is 0 Å². The molecule has 19 heavy (non-hydrogen) atoms. The standard InChI is InChI=1S/C17H25NO/c1-12(2)13-7-9-17(10-8-13)11-15(18)14-5-3-4-6-16(14)19-17/h3-6,12-13,15H,7-11,18H2,1-2H3/t13?,15-,17?/m1/s1. The number of nitrogens with two attached hydrogens (primary N) is 1. The van der Waals surface area contributed by atoms with Crippen molar-refractivity contribution in [3.8, 4) is 5.75 Å². The highest BCUT2D eigenvalue weighted by atomic mass is 16.5. The van der Waals surface area contributed by atoms with Crippen LogP contribution in [0.1, 0.15) is 57.6 Å². The molecule has 0 aromatic heterocycles. The van der Waals surface area contributed by atoms with Crippen LogP contribution in [0, 0.1) is 11.8 Å². The van der Waals surface area contributed by atoms with Crippen LogP contribution in [0.3, 0.4) is 0 Å². The molecule has 0 radical (unpaired) electrons. The average molecular weight is 259 g/mol. The minimum Gasteiger partial charge on any atom is -0.487 e. The normalized spacial score (nSPS) is 34.1. The number of para-hydroxylation sites is 1. The van der Waals surface area contributed by atoms with E-state index in [-0.39, 0.29) is 11.6 Å². The monoisotopic (exact) mass is 259 g/mol. The van der Waals surface area contributed by atoms with Crippen molar-refractivity contribution >= 4 is 0 Å². The predicted molar refractivity (Wildman–Crippen MR) is 78.1 cm³/mol. The molecule has 2 nitrogen and oxygen atoms in total. The molecule has 0 bridgehead atoms. The van der Waals surface area contributed by atoms with Crippen LogP contribution in [-0.2, 0) is 0 Å². The van der Waals surface area contributed by atoms with E-state index in [0.717, 1.165) is 36.8 Å². The fourth-order valence-corrected chi connectivity index (χ4v) is 3.80. The summed E-state index contributed by atoms with van der Waals surface area (Å²) in [6.07, 6.45) is 5.88. The third-order valence-corrected chi connectivity index (χ3v) is 5.12. The van der Waals surface area contributed by atoms with Gasteiger partial charge in [-0.3, -0.25) is 0 Å². The second-order valence-electron chi connectivity index (χ2n) is 6.71. The molecule has 1 aromatic carbocycles. The first-order chi connectivity index (χ1) is 9.10. The quantitative estimate of drug-likeness (QED) is 0.825. The van der Waals surface area contributed by atoms with Crippen molar-refractivity contribution < 1.29 is 4.74 Å². The summed E-state index contributed by atoms with van der Waals surface area (Å²) in [7, 11) is 0. The van der Waals surface area contributed by atoms with Crippen LogP contribution < -0.4 is 10.5 Å². The zero-order valence-electron chi connectivity index (χ0n) is 12.1. The Labute approximate surface area is 116 Å². The highest BCUT2D eigenvalue weighted by Gasteiger charge is 2.42. The lowest BCUT2D eigenvalue weighted by Gasteiger charge is -2.46. The number of fused-ring (bicyclic) bond motifs is 1. The van der Waals surface area contributed by atoms with Crippen molar-refractivity contribution in [3.63, 3.8) is 0 Å². The van der Waals surface area contributed by atoms with Gasteiger partial charge < -0.3 is 10.5 Å². The van der Waals surface area contributed by atoms with Crippen molar-refractivity contribution in [1.82, 2.24) is 0 Å². The SMILES string of the molecule is CC(C)C1CCC2(CC1)C[C@@H](N)c1ccccc1O2. The van der Waals surface area contributed by atoms with Gasteiger partial charge in [-0.2, -0.15) is 0 Å². The largest absolute Gasteiger partial charge is 0.487 e. The Morgan fingerprint density at radius 2 is 1.89 bits per heavy atom. The maximum absolute atomic E-state index is 6.38. The van der Waals surface area contributed by atoms with Gasteiger partial charge in [0, 0.05) is 18.0 Å². The van der Waals surface area contributed by atoms with Crippen LogP contribution in [0.15, 0.2) is 24.3 Å². The summed E-state index contributed by atoms with van der Waals surface area (Å²) in [6.45, 7) is 4.68. The molecular formula is C17H25NO. The minimum absolute atomic E-state index is 0.0131. The Kier molecular flexibility index (Phi) is 3.30. The number of hydrogen-bond acceptors (Lipinski definition) is 2. The average Bonchev–Trinajstić information content (AvgIpc) is 2.39. The van der Waals surface area contributed by atoms with Gasteiger partial charge in [0.05, 0.1) is 0 Å². The predicted octanol–water partition coefficient (Wildman–Crippen LogP) is 4.05. The first-order valence-corrected chi connectivity index (χ1v) is 7.63. The van der Waals surface area contributed by atoms with Crippen molar-refractivity contribution in [2.24, 2.45) is 17.6 Å². The van der Waals surface area contributed by atoms with Crippen LogP contribution in [0.5, 0.6) is 5.75 Å². The second-order valence-corrected chi connectivity index (χ2v) is 6.71. The lowest BCUT2D eigenvalue weighted by molar-refractivity contribution is -0.0160. The zero-order chi connectivity index (χ0) is 13.5. The molecule has 2 N–H and O–H groups in total. The smallest absolute Gasteiger partial charge is 0.124 e. The molecule has 1 atom stereocenters. The summed E-state index contributed by atoms with van der Waals surface area (Å²) in [5.74, 6) is 2.67. The van der Waals surface area contributed by atoms with Gasteiger partial charge in [0.15, 0.2) is 0 Å². The molecule has 0 saturated heterocycles. The van der Waals surface area contributed by atoms with Gasteiger partial charge in [0.1, 0.15) is 11.4 Å². The molecule has 3 rings (SSSR count). The highest BCUT2D eigenvalue weighted by Crippen LogP contribution is 2.47. The summed E-state index contributed by atoms with van der Waals surface area (Å²) in [5.41, 5.74) is 7.56. The van der Waals surface area contributed by atoms with Gasteiger partial charge in [0.2, 0.25) is 0 Å². The van der Waals surface area contributed by atoms with Gasteiger partial charge in [-0.1, -0.05) is 32.0 Å². The molecule has 1 saturated carbocycles. The van der Waals surface area contributed by atoms with E-state index in [1.165, 1.54) is 18.4 Å². The summed E-state index contributed by atoms with van der Waals surface area (Å²) in [4.78, 5) is 0. The van der Waals surface area contributed by atoms with Gasteiger partial charge >= 0.3 is 0 Å². The first-order valence-electron chi connectivity index (χ1n) is 7.63. The molecule has 1 fully saturated rings. The lowest BCUT2D eigenvalue weighted by atomic mass is 9.71. The Balaban J connectivity index is 1.78. The summed E-state index contributed by atoms with van der Waals surface area (Å²) in [5, 5.41) is 0. The fourth-order valence-electron chi connectivity index (χ4n) is 3.80. The molecule has 0 amide bonds. The molecule has 1 spiro atoms. The molecule has 1 aliphatic heterocycles. The Hall–Kier alpha value is -1.02. The molecule has 104 valence electrons. The van der Waals surface area contributed by atoms with Crippen LogP contribution in [0.25, 0.3) is 0 Å². The van der Waals surface area contributed by atoms with E-state index in [4.69, 9.17) is 10.5 Å². The van der Waals surface area contributed by atoms with Crippen LogP contribution in [0.4, 0.5) is 0 Å². The molecule has 1 aromatic rings. The summed E-state index contributed by atoms with van der Waals surface area (Å²) < 4.78 is 6.38. The Bertz CT molecular complexity index is 446. The third kappa shape index (κ3) is 2.38. The topological polar surface area (TPSA) is 35.2 Å². The number of rotatable bonds is 1. The molecular weight excluding hydrogens is 234 g/mol. The van der Waals surface area contributed by atoms with Crippen LogP contribution in [0.2, 0.25) is 0 Å². The van der Waals surface area contributed by atoms with E-state index in [2.05, 4.69) is 32.0 Å². The van der Waals surface area contributed by atoms with Gasteiger partial charge in [-0.05, 0) is 43.6 Å². The number of benzene rings is 1. The van der Waals surface area contributed by atoms with E-state index < -0.39 is 0 Å². The van der Waals surface area contributed by atoms with Crippen molar-refractivity contribution in [3.05, 3.63) is 29.8 Å². The van der Waals surface area contributed by atoms with E-state index in [9.17, 15) is 0 Å². The summed E-state index contributed by atoms with van der Waals surface area (Å²) >= 11 is 0. The van der Waals surface area contributed by atoms with Gasteiger partial charge in [-0.15, -0.1) is 0 Å². The van der Waals surface area contributed by atoms with Crippen LogP contribution >= 0.6 is 0 Å². The minimum atomic E-state index is 0.0131. The first kappa shape index (κ1) is 13.0. The van der Waals surface area contributed by atoms with Crippen LogP contribution in [-0.4, -0.2) is 5.60 Å². The molecule has 1 heterocycles. The van der Waals surface area contributed by atoms with Gasteiger partial charge in [-0.25, -0.2) is 0 Å². The fraction of sp³-hybridized carbons (Fsp3) is 0.647. The van der Waals surface area contributed by atoms with Crippen molar-refractivity contribution in [2.75, 3.05) is 0 Å². The van der Waals surface area contributed by atoms with E-state index in [1.807, 2.05) is 6.07 Å². The molecule has 1 aliphatic carbocycles. The number of hydrogen-bond donors (Lipinski definition) is 1. The van der Waals surface area contributed by atoms with E-state index in [0.29, 0.717) is 0 Å². The zero-order valence-corrected chi connectivity index (χ0v) is 12.1. The molecule has 2 heteroatoms. The Morgan fingerprint density at radius 1 is 1.21 bits per heavy atom. The van der Waals surface area contributed by atoms with Gasteiger partial charge in [0.25, 0.3) is 0 Å².